The van der Waals surface area contributed by atoms with Gasteiger partial charge in [-0.15, -0.1) is 0 Å². The number of nitrogens with zero attached hydrogens (tertiary/aromatic N) is 3. The van der Waals surface area contributed by atoms with Gasteiger partial charge in [-0.25, -0.2) is 9.59 Å². The Morgan fingerprint density at radius 3 is 1.89 bits per heavy atom. The van der Waals surface area contributed by atoms with E-state index in [4.69, 9.17) is 29.3 Å². The van der Waals surface area contributed by atoms with Gasteiger partial charge in [0.15, 0.2) is 0 Å². The number of hydrogen-bond donors (Lipinski definition) is 2. The number of pyridine rings is 2. The van der Waals surface area contributed by atoms with Gasteiger partial charge < -0.3 is 19.7 Å². The fraction of sp³-hybridized carbons (Fsp3) is 0.478. The van der Waals surface area contributed by atoms with Crippen LogP contribution in [-0.2, 0) is 32.2 Å². The van der Waals surface area contributed by atoms with Gasteiger partial charge in [0.2, 0.25) is 0 Å². The molecule has 2 saturated heterocycles. The molecule has 1 unspecified atom stereocenters. The quantitative estimate of drug-likeness (QED) is 0.534. The Morgan fingerprint density at radius 1 is 0.947 bits per heavy atom. The first kappa shape index (κ1) is 30.9. The first-order valence-electron chi connectivity index (χ1n) is 11.1. The summed E-state index contributed by atoms with van der Waals surface area (Å²) in [4.78, 5) is 28.9. The van der Waals surface area contributed by atoms with E-state index in [0.29, 0.717) is 6.61 Å². The van der Waals surface area contributed by atoms with E-state index >= 15 is 0 Å². The van der Waals surface area contributed by atoms with Crippen LogP contribution in [0.1, 0.15) is 24.2 Å². The Labute approximate surface area is 213 Å². The molecule has 38 heavy (non-hydrogen) atoms. The summed E-state index contributed by atoms with van der Waals surface area (Å²) in [5, 5.41) is 14.2. The van der Waals surface area contributed by atoms with Gasteiger partial charge in [0.1, 0.15) is 0 Å². The summed E-state index contributed by atoms with van der Waals surface area (Å²) in [6.45, 7) is 4.19. The highest BCUT2D eigenvalue weighted by molar-refractivity contribution is 5.73. The minimum atomic E-state index is -5.08. The molecule has 9 nitrogen and oxygen atoms in total. The Bertz CT molecular complexity index is 994. The molecule has 2 aliphatic heterocycles. The number of rotatable bonds is 5. The second kappa shape index (κ2) is 13.5. The van der Waals surface area contributed by atoms with Crippen molar-refractivity contribution >= 4 is 11.9 Å². The first-order valence-corrected chi connectivity index (χ1v) is 11.1. The zero-order valence-corrected chi connectivity index (χ0v) is 19.8. The summed E-state index contributed by atoms with van der Waals surface area (Å²) in [5.74, 6) is -5.51. The molecule has 1 spiro atoms. The summed E-state index contributed by atoms with van der Waals surface area (Å²) in [5.41, 5.74) is 2.08. The summed E-state index contributed by atoms with van der Waals surface area (Å²) < 4.78 is 75.6. The largest absolute Gasteiger partial charge is 0.490 e. The van der Waals surface area contributed by atoms with Crippen molar-refractivity contribution in [3.63, 3.8) is 0 Å². The Kier molecular flexibility index (Phi) is 11.0. The predicted molar refractivity (Wildman–Crippen MR) is 118 cm³/mol. The molecule has 0 aromatic carbocycles. The zero-order valence-electron chi connectivity index (χ0n) is 19.8. The smallest absolute Gasteiger partial charge is 0.475 e. The van der Waals surface area contributed by atoms with E-state index in [1.165, 1.54) is 0 Å². The fourth-order valence-electron chi connectivity index (χ4n) is 3.63. The van der Waals surface area contributed by atoms with E-state index in [0.717, 1.165) is 50.5 Å². The van der Waals surface area contributed by atoms with Crippen LogP contribution in [0.2, 0.25) is 0 Å². The fourth-order valence-corrected chi connectivity index (χ4v) is 3.63. The van der Waals surface area contributed by atoms with Gasteiger partial charge in [0.05, 0.1) is 29.7 Å². The van der Waals surface area contributed by atoms with Crippen molar-refractivity contribution in [2.24, 2.45) is 0 Å². The van der Waals surface area contributed by atoms with E-state index in [-0.39, 0.29) is 11.7 Å². The van der Waals surface area contributed by atoms with Crippen molar-refractivity contribution in [1.29, 1.82) is 0 Å². The van der Waals surface area contributed by atoms with Gasteiger partial charge in [-0.3, -0.25) is 14.9 Å². The van der Waals surface area contributed by atoms with Gasteiger partial charge in [-0.2, -0.15) is 26.3 Å². The van der Waals surface area contributed by atoms with E-state index in [2.05, 4.69) is 20.9 Å². The van der Waals surface area contributed by atoms with Crippen molar-refractivity contribution in [1.82, 2.24) is 14.9 Å². The van der Waals surface area contributed by atoms with E-state index in [1.807, 2.05) is 42.7 Å². The monoisotopic (exact) mass is 553 g/mol. The molecule has 0 saturated carbocycles. The van der Waals surface area contributed by atoms with Crippen molar-refractivity contribution in [3.8, 4) is 0 Å². The number of hydrogen-bond acceptors (Lipinski definition) is 7. The first-order chi connectivity index (χ1) is 17.7. The van der Waals surface area contributed by atoms with Crippen LogP contribution >= 0.6 is 0 Å². The standard InChI is InChI=1S/C19H23N3O2.2C2HF3O2/c1-3-8-20-16(5-1)12-22-14-19(15-22)11-18(7-10-24-19)23-13-17-6-2-4-9-21-17;2*3-2(4,5)1(6)7/h1-6,8-9,18H,7,10-15H2;2*(H,6,7). The number of carboxylic acids is 2. The molecule has 2 aliphatic rings. The van der Waals surface area contributed by atoms with Crippen molar-refractivity contribution in [2.45, 2.75) is 50.1 Å². The molecule has 4 heterocycles. The van der Waals surface area contributed by atoms with Crippen LogP contribution in [0.4, 0.5) is 26.3 Å². The van der Waals surface area contributed by atoms with Crippen molar-refractivity contribution < 1.29 is 55.6 Å². The van der Waals surface area contributed by atoms with Crippen LogP contribution in [0.15, 0.2) is 48.8 Å². The number of alkyl halides is 6. The summed E-state index contributed by atoms with van der Waals surface area (Å²) in [7, 11) is 0. The van der Waals surface area contributed by atoms with Gasteiger partial charge in [-0.05, 0) is 30.7 Å². The van der Waals surface area contributed by atoms with Crippen LogP contribution < -0.4 is 0 Å². The molecule has 15 heteroatoms. The molecular formula is C23H25F6N3O6. The molecule has 0 amide bonds. The average molecular weight is 553 g/mol. The van der Waals surface area contributed by atoms with Gasteiger partial charge in [0.25, 0.3) is 0 Å². The summed E-state index contributed by atoms with van der Waals surface area (Å²) >= 11 is 0. The number of halogens is 6. The van der Waals surface area contributed by atoms with Crippen molar-refractivity contribution in [3.05, 3.63) is 60.2 Å². The predicted octanol–water partition coefficient (Wildman–Crippen LogP) is 3.69. The number of aliphatic carboxylic acids is 2. The molecule has 2 aromatic heterocycles. The molecule has 210 valence electrons. The lowest BCUT2D eigenvalue weighted by atomic mass is 9.84. The molecule has 2 aromatic rings. The van der Waals surface area contributed by atoms with Gasteiger partial charge in [0, 0.05) is 45.1 Å². The van der Waals surface area contributed by atoms with Crippen LogP contribution in [0.5, 0.6) is 0 Å². The average Bonchev–Trinajstić information content (AvgIpc) is 2.83. The number of ether oxygens (including phenoxy) is 2. The topological polar surface area (TPSA) is 122 Å². The van der Waals surface area contributed by atoms with Gasteiger partial charge >= 0.3 is 24.3 Å². The van der Waals surface area contributed by atoms with E-state index in [1.54, 1.807) is 0 Å². The maximum Gasteiger partial charge on any atom is 0.490 e. The third-order valence-corrected chi connectivity index (χ3v) is 5.26. The molecular weight excluding hydrogens is 528 g/mol. The second-order valence-corrected chi connectivity index (χ2v) is 8.35. The van der Waals surface area contributed by atoms with Crippen LogP contribution in [0.25, 0.3) is 0 Å². The number of carbonyl (C=O) groups is 2. The van der Waals surface area contributed by atoms with E-state index < -0.39 is 24.3 Å². The summed E-state index contributed by atoms with van der Waals surface area (Å²) in [6.07, 6.45) is -4.31. The number of carboxylic acid groups (broad SMARTS) is 2. The highest BCUT2D eigenvalue weighted by atomic mass is 19.4. The summed E-state index contributed by atoms with van der Waals surface area (Å²) in [6, 6.07) is 12.0. The lowest BCUT2D eigenvalue weighted by molar-refractivity contribution is -0.200. The minimum absolute atomic E-state index is 0.0260. The lowest BCUT2D eigenvalue weighted by Gasteiger charge is -2.53. The minimum Gasteiger partial charge on any atom is -0.475 e. The zero-order chi connectivity index (χ0) is 28.4. The molecule has 2 fully saturated rings. The molecule has 1 atom stereocenters. The van der Waals surface area contributed by atoms with Crippen LogP contribution in [-0.4, -0.2) is 80.8 Å². The third-order valence-electron chi connectivity index (χ3n) is 5.26. The maximum absolute atomic E-state index is 10.6. The second-order valence-electron chi connectivity index (χ2n) is 8.35. The number of likely N-dealkylation sites (tertiary alicyclic amines) is 1. The maximum atomic E-state index is 10.6. The SMILES string of the molecule is O=C(O)C(F)(F)F.O=C(O)C(F)(F)F.c1ccc(COC2CCOC3(C2)CN(Cc2ccccn2)C3)nc1. The van der Waals surface area contributed by atoms with Crippen molar-refractivity contribution in [2.75, 3.05) is 19.7 Å². The van der Waals surface area contributed by atoms with E-state index in [9.17, 15) is 26.3 Å². The molecule has 0 radical (unpaired) electrons. The molecule has 4 rings (SSSR count). The highest BCUT2D eigenvalue weighted by Gasteiger charge is 2.47. The molecule has 0 aliphatic carbocycles. The highest BCUT2D eigenvalue weighted by Crippen LogP contribution is 2.36. The Morgan fingerprint density at radius 2 is 1.45 bits per heavy atom. The normalized spacial score (nSPS) is 18.7. The molecule has 0 bridgehead atoms. The van der Waals surface area contributed by atoms with Crippen LogP contribution in [0, 0.1) is 0 Å². The number of aromatic nitrogens is 2. The molecule has 2 N–H and O–H groups in total. The Hall–Kier alpha value is -3.30. The lowest BCUT2D eigenvalue weighted by Crippen LogP contribution is -2.65. The Balaban J connectivity index is 0.000000301. The van der Waals surface area contributed by atoms with Gasteiger partial charge in [-0.1, -0.05) is 12.1 Å². The third kappa shape index (κ3) is 10.6. The van der Waals surface area contributed by atoms with Crippen LogP contribution in [0.3, 0.4) is 0 Å².